The number of rotatable bonds is 2. The average molecular weight is 278 g/mol. The van der Waals surface area contributed by atoms with Gasteiger partial charge in [-0.25, -0.2) is 13.4 Å². The zero-order chi connectivity index (χ0) is 12.8. The first-order valence-corrected chi connectivity index (χ1v) is 7.32. The normalized spacial score (nSPS) is 26.6. The van der Waals surface area contributed by atoms with Crippen LogP contribution in [0.3, 0.4) is 0 Å². The van der Waals surface area contributed by atoms with Crippen molar-refractivity contribution >= 4 is 21.6 Å². The molecule has 2 rings (SSSR count). The van der Waals surface area contributed by atoms with Crippen molar-refractivity contribution in [3.05, 3.63) is 11.5 Å². The van der Waals surface area contributed by atoms with Crippen LogP contribution in [-0.2, 0) is 17.1 Å². The average Bonchev–Trinajstić information content (AvgIpc) is 2.74. The molecule has 1 saturated heterocycles. The second-order valence-corrected chi connectivity index (χ2v) is 6.94. The van der Waals surface area contributed by atoms with E-state index in [0.717, 1.165) is 0 Å². The summed E-state index contributed by atoms with van der Waals surface area (Å²) in [6.45, 7) is 5.19. The third-order valence-electron chi connectivity index (χ3n) is 3.37. The molecule has 0 saturated carbocycles. The summed E-state index contributed by atoms with van der Waals surface area (Å²) < 4.78 is 27.6. The fourth-order valence-corrected chi connectivity index (χ4v) is 3.99. The van der Waals surface area contributed by atoms with Crippen molar-refractivity contribution in [2.24, 2.45) is 18.9 Å². The molecule has 0 radical (unpaired) electrons. The lowest BCUT2D eigenvalue weighted by Crippen LogP contribution is -2.29. The maximum Gasteiger partial charge on any atom is 0.263 e. The Labute approximate surface area is 106 Å². The number of hydrogen-bond acceptors (Lipinski definition) is 3. The van der Waals surface area contributed by atoms with Crippen LogP contribution < -0.4 is 0 Å². The highest BCUT2D eigenvalue weighted by Gasteiger charge is 2.37. The molecular weight excluding hydrogens is 262 g/mol. The predicted octanol–water partition coefficient (Wildman–Crippen LogP) is 1.35. The van der Waals surface area contributed by atoms with E-state index in [4.69, 9.17) is 11.6 Å². The van der Waals surface area contributed by atoms with Crippen LogP contribution in [0.2, 0.25) is 5.15 Å². The molecule has 5 nitrogen and oxygen atoms in total. The summed E-state index contributed by atoms with van der Waals surface area (Å²) in [4.78, 5) is 3.88. The second kappa shape index (κ2) is 4.26. The molecule has 0 amide bonds. The molecule has 1 fully saturated rings. The Bertz CT molecular complexity index is 516. The molecule has 96 valence electrons. The highest BCUT2D eigenvalue weighted by Crippen LogP contribution is 2.29. The van der Waals surface area contributed by atoms with E-state index in [1.165, 1.54) is 15.2 Å². The molecule has 0 bridgehead atoms. The number of aryl methyl sites for hydroxylation is 1. The topological polar surface area (TPSA) is 55.2 Å². The number of aromatic nitrogens is 2. The monoisotopic (exact) mass is 277 g/mol. The van der Waals surface area contributed by atoms with Crippen LogP contribution >= 0.6 is 11.6 Å². The smallest absolute Gasteiger partial charge is 0.263 e. The molecule has 2 heterocycles. The fraction of sp³-hybridized carbons (Fsp3) is 0.700. The lowest BCUT2D eigenvalue weighted by Gasteiger charge is -2.14. The molecular formula is C10H16ClN3O2S. The highest BCUT2D eigenvalue weighted by molar-refractivity contribution is 7.89. The lowest BCUT2D eigenvalue weighted by atomic mass is 10.0. The molecule has 1 aromatic rings. The van der Waals surface area contributed by atoms with Crippen LogP contribution in [0.15, 0.2) is 11.4 Å². The van der Waals surface area contributed by atoms with Crippen molar-refractivity contribution < 1.29 is 8.42 Å². The fourth-order valence-electron chi connectivity index (χ4n) is 1.96. The van der Waals surface area contributed by atoms with Gasteiger partial charge in [-0.3, -0.25) is 0 Å². The Morgan fingerprint density at radius 3 is 2.29 bits per heavy atom. The Kier molecular flexibility index (Phi) is 3.22. The van der Waals surface area contributed by atoms with E-state index in [1.54, 1.807) is 7.05 Å². The first-order chi connectivity index (χ1) is 7.84. The molecule has 0 N–H and O–H groups in total. The number of nitrogens with zero attached hydrogens (tertiary/aromatic N) is 3. The zero-order valence-electron chi connectivity index (χ0n) is 10.1. The van der Waals surface area contributed by atoms with Gasteiger partial charge in [-0.05, 0) is 11.8 Å². The van der Waals surface area contributed by atoms with Crippen LogP contribution in [0, 0.1) is 11.8 Å². The van der Waals surface area contributed by atoms with Crippen molar-refractivity contribution in [2.75, 3.05) is 13.1 Å². The van der Waals surface area contributed by atoms with Gasteiger partial charge in [0.05, 0.1) is 6.33 Å². The van der Waals surface area contributed by atoms with Gasteiger partial charge >= 0.3 is 0 Å². The minimum absolute atomic E-state index is 0.0389. The first-order valence-electron chi connectivity index (χ1n) is 5.51. The van der Waals surface area contributed by atoms with E-state index in [1.807, 2.05) is 0 Å². The molecule has 0 aliphatic carbocycles. The van der Waals surface area contributed by atoms with Gasteiger partial charge in [0.15, 0.2) is 0 Å². The summed E-state index contributed by atoms with van der Waals surface area (Å²) in [7, 11) is -1.87. The van der Waals surface area contributed by atoms with Crippen molar-refractivity contribution in [1.82, 2.24) is 13.9 Å². The van der Waals surface area contributed by atoms with Crippen LogP contribution in [-0.4, -0.2) is 35.4 Å². The van der Waals surface area contributed by atoms with E-state index in [2.05, 4.69) is 18.8 Å². The lowest BCUT2D eigenvalue weighted by molar-refractivity contribution is 0.461. The standard InChI is InChI=1S/C10H16ClN3O2S/c1-7-4-14(5-8(7)2)17(15,16)10-9(11)13(3)6-12-10/h6-8H,4-5H2,1-3H3. The van der Waals surface area contributed by atoms with E-state index in [-0.39, 0.29) is 10.2 Å². The van der Waals surface area contributed by atoms with E-state index in [0.29, 0.717) is 24.9 Å². The third kappa shape index (κ3) is 2.09. The maximum absolute atomic E-state index is 12.3. The van der Waals surface area contributed by atoms with E-state index < -0.39 is 10.0 Å². The summed E-state index contributed by atoms with van der Waals surface area (Å²) in [6.07, 6.45) is 1.41. The van der Waals surface area contributed by atoms with Gasteiger partial charge in [0.1, 0.15) is 5.15 Å². The number of halogens is 1. The van der Waals surface area contributed by atoms with Gasteiger partial charge in [0.25, 0.3) is 10.0 Å². The molecule has 2 atom stereocenters. The Morgan fingerprint density at radius 1 is 1.35 bits per heavy atom. The minimum Gasteiger partial charge on any atom is -0.324 e. The number of hydrogen-bond donors (Lipinski definition) is 0. The van der Waals surface area contributed by atoms with Gasteiger partial charge in [-0.2, -0.15) is 4.31 Å². The van der Waals surface area contributed by atoms with Crippen molar-refractivity contribution in [3.63, 3.8) is 0 Å². The molecule has 0 spiro atoms. The van der Waals surface area contributed by atoms with E-state index >= 15 is 0 Å². The van der Waals surface area contributed by atoms with Crippen molar-refractivity contribution in [3.8, 4) is 0 Å². The molecule has 1 aliphatic heterocycles. The Hall–Kier alpha value is -0.590. The van der Waals surface area contributed by atoms with E-state index in [9.17, 15) is 8.42 Å². The minimum atomic E-state index is -3.54. The van der Waals surface area contributed by atoms with Crippen LogP contribution in [0.25, 0.3) is 0 Å². The van der Waals surface area contributed by atoms with Gasteiger partial charge in [-0.1, -0.05) is 25.4 Å². The molecule has 17 heavy (non-hydrogen) atoms. The molecule has 0 aromatic carbocycles. The summed E-state index contributed by atoms with van der Waals surface area (Å²) in [6, 6.07) is 0. The van der Waals surface area contributed by atoms with Crippen LogP contribution in [0.5, 0.6) is 0 Å². The van der Waals surface area contributed by atoms with Crippen molar-refractivity contribution in [2.45, 2.75) is 18.9 Å². The quantitative estimate of drug-likeness (QED) is 0.820. The van der Waals surface area contributed by atoms with Crippen LogP contribution in [0.4, 0.5) is 0 Å². The summed E-state index contributed by atoms with van der Waals surface area (Å²) in [5, 5.41) is 0.125. The Balaban J connectivity index is 2.35. The predicted molar refractivity (Wildman–Crippen MR) is 65.3 cm³/mol. The summed E-state index contributed by atoms with van der Waals surface area (Å²) in [5.41, 5.74) is 0. The summed E-state index contributed by atoms with van der Waals surface area (Å²) >= 11 is 5.94. The SMILES string of the molecule is CC1CN(S(=O)(=O)c2ncn(C)c2Cl)CC1C. The van der Waals surface area contributed by atoms with Crippen molar-refractivity contribution in [1.29, 1.82) is 0 Å². The summed E-state index contributed by atoms with van der Waals surface area (Å²) in [5.74, 6) is 0.736. The van der Waals surface area contributed by atoms with Gasteiger partial charge in [0, 0.05) is 20.1 Å². The molecule has 1 aromatic heterocycles. The van der Waals surface area contributed by atoms with Crippen LogP contribution in [0.1, 0.15) is 13.8 Å². The van der Waals surface area contributed by atoms with Gasteiger partial charge < -0.3 is 4.57 Å². The molecule has 1 aliphatic rings. The zero-order valence-corrected chi connectivity index (χ0v) is 11.7. The second-order valence-electron chi connectivity index (χ2n) is 4.73. The van der Waals surface area contributed by atoms with Gasteiger partial charge in [0.2, 0.25) is 5.03 Å². The third-order valence-corrected chi connectivity index (χ3v) is 5.70. The largest absolute Gasteiger partial charge is 0.324 e. The molecule has 7 heteroatoms. The van der Waals surface area contributed by atoms with Gasteiger partial charge in [-0.15, -0.1) is 0 Å². The Morgan fingerprint density at radius 2 is 1.88 bits per heavy atom. The maximum atomic E-state index is 12.3. The number of sulfonamides is 1. The molecule has 2 unspecified atom stereocenters. The first kappa shape index (κ1) is 12.9. The highest BCUT2D eigenvalue weighted by atomic mass is 35.5. The number of imidazole rings is 1.